The van der Waals surface area contributed by atoms with Gasteiger partial charge in [-0.1, -0.05) is 30.4 Å². The van der Waals surface area contributed by atoms with Gasteiger partial charge in [0.2, 0.25) is 5.91 Å². The molecule has 1 aromatic carbocycles. The van der Waals surface area contributed by atoms with Gasteiger partial charge in [0, 0.05) is 18.0 Å². The van der Waals surface area contributed by atoms with Crippen molar-refractivity contribution in [3.8, 4) is 0 Å². The molecule has 0 radical (unpaired) electrons. The Hall–Kier alpha value is -2.16. The van der Waals surface area contributed by atoms with Crippen LogP contribution in [0.5, 0.6) is 0 Å². The maximum atomic E-state index is 11.6. The van der Waals surface area contributed by atoms with Crippen molar-refractivity contribution in [2.24, 2.45) is 0 Å². The fourth-order valence-corrected chi connectivity index (χ4v) is 1.63. The quantitative estimate of drug-likeness (QED) is 0.817. The number of pyridine rings is 1. The third-order valence-corrected chi connectivity index (χ3v) is 2.45. The number of carbonyl (C=O) groups is 1. The van der Waals surface area contributed by atoms with Crippen LogP contribution in [0.1, 0.15) is 13.3 Å². The molecule has 1 heterocycles. The highest BCUT2D eigenvalue weighted by Gasteiger charge is 2.04. The van der Waals surface area contributed by atoms with Crippen molar-refractivity contribution < 1.29 is 4.79 Å². The number of amides is 1. The minimum Gasteiger partial charge on any atom is -0.324 e. The number of para-hydroxylation sites is 1. The minimum absolute atomic E-state index is 0.0266. The van der Waals surface area contributed by atoms with E-state index in [-0.39, 0.29) is 5.91 Å². The van der Waals surface area contributed by atoms with Crippen molar-refractivity contribution in [1.29, 1.82) is 0 Å². The van der Waals surface area contributed by atoms with E-state index in [1.165, 1.54) is 0 Å². The number of hydrogen-bond acceptors (Lipinski definition) is 2. The molecule has 0 aliphatic heterocycles. The molecule has 2 aromatic rings. The summed E-state index contributed by atoms with van der Waals surface area (Å²) in [5.74, 6) is -0.0266. The molecule has 0 spiro atoms. The Morgan fingerprint density at radius 1 is 1.35 bits per heavy atom. The highest BCUT2D eigenvalue weighted by Crippen LogP contribution is 2.20. The highest BCUT2D eigenvalue weighted by atomic mass is 16.1. The zero-order valence-electron chi connectivity index (χ0n) is 9.68. The lowest BCUT2D eigenvalue weighted by molar-refractivity contribution is -0.115. The molecule has 1 N–H and O–H groups in total. The molecule has 86 valence electrons. The topological polar surface area (TPSA) is 42.0 Å². The lowest BCUT2D eigenvalue weighted by Gasteiger charge is -2.06. The van der Waals surface area contributed by atoms with Crippen LogP contribution >= 0.6 is 0 Å². The monoisotopic (exact) mass is 226 g/mol. The second kappa shape index (κ2) is 5.25. The van der Waals surface area contributed by atoms with Crippen molar-refractivity contribution >= 4 is 22.5 Å². The predicted molar refractivity (Wildman–Crippen MR) is 69.8 cm³/mol. The molecule has 0 aliphatic carbocycles. The minimum atomic E-state index is -0.0266. The molecule has 1 aromatic heterocycles. The number of allylic oxidation sites excluding steroid dienone is 1. The van der Waals surface area contributed by atoms with Gasteiger partial charge in [0.05, 0.1) is 11.2 Å². The molecule has 0 atom stereocenters. The second-order valence-corrected chi connectivity index (χ2v) is 3.70. The Morgan fingerprint density at radius 3 is 3.00 bits per heavy atom. The van der Waals surface area contributed by atoms with Gasteiger partial charge in [-0.25, -0.2) is 0 Å². The lowest BCUT2D eigenvalue weighted by Crippen LogP contribution is -2.10. The summed E-state index contributed by atoms with van der Waals surface area (Å²) in [4.78, 5) is 15.9. The standard InChI is InChI=1S/C14H14N2O/c1-2-3-9-13(17)16-12-8-4-6-11-7-5-10-15-14(11)12/h2-8,10H,9H2,1H3,(H,16,17). The summed E-state index contributed by atoms with van der Waals surface area (Å²) in [7, 11) is 0. The largest absolute Gasteiger partial charge is 0.324 e. The Balaban J connectivity index is 2.27. The number of benzene rings is 1. The van der Waals surface area contributed by atoms with Gasteiger partial charge in [-0.3, -0.25) is 9.78 Å². The molecule has 0 fully saturated rings. The van der Waals surface area contributed by atoms with Gasteiger partial charge in [-0.05, 0) is 19.1 Å². The van der Waals surface area contributed by atoms with Gasteiger partial charge in [0.25, 0.3) is 0 Å². The van der Waals surface area contributed by atoms with E-state index in [1.807, 2.05) is 49.4 Å². The van der Waals surface area contributed by atoms with E-state index in [1.54, 1.807) is 6.20 Å². The first-order valence-electron chi connectivity index (χ1n) is 5.56. The normalized spacial score (nSPS) is 10.9. The summed E-state index contributed by atoms with van der Waals surface area (Å²) < 4.78 is 0. The first kappa shape index (κ1) is 11.3. The summed E-state index contributed by atoms with van der Waals surface area (Å²) >= 11 is 0. The Labute approximate surface area is 100 Å². The first-order valence-corrected chi connectivity index (χ1v) is 5.56. The number of aromatic nitrogens is 1. The van der Waals surface area contributed by atoms with Crippen LogP contribution in [0.3, 0.4) is 0 Å². The zero-order valence-corrected chi connectivity index (χ0v) is 9.68. The molecular formula is C14H14N2O. The SMILES string of the molecule is CC=CCC(=O)Nc1cccc2cccnc12. The molecule has 3 nitrogen and oxygen atoms in total. The van der Waals surface area contributed by atoms with E-state index in [9.17, 15) is 4.79 Å². The summed E-state index contributed by atoms with van der Waals surface area (Å²) in [5, 5.41) is 3.89. The van der Waals surface area contributed by atoms with Gasteiger partial charge in [-0.15, -0.1) is 0 Å². The number of rotatable bonds is 3. The highest BCUT2D eigenvalue weighted by molar-refractivity contribution is 6.00. The van der Waals surface area contributed by atoms with Crippen molar-refractivity contribution in [1.82, 2.24) is 4.98 Å². The van der Waals surface area contributed by atoms with E-state index in [2.05, 4.69) is 10.3 Å². The van der Waals surface area contributed by atoms with E-state index in [0.717, 1.165) is 16.6 Å². The van der Waals surface area contributed by atoms with Gasteiger partial charge in [0.1, 0.15) is 0 Å². The number of anilines is 1. The Bertz CT molecular complexity index is 556. The molecule has 1 amide bonds. The molecular weight excluding hydrogens is 212 g/mol. The summed E-state index contributed by atoms with van der Waals surface area (Å²) in [5.41, 5.74) is 1.58. The average molecular weight is 226 g/mol. The smallest absolute Gasteiger partial charge is 0.228 e. The van der Waals surface area contributed by atoms with Crippen LogP contribution in [0.15, 0.2) is 48.7 Å². The summed E-state index contributed by atoms with van der Waals surface area (Å²) in [6, 6.07) is 9.61. The molecule has 0 saturated carbocycles. The molecule has 0 aliphatic rings. The maximum Gasteiger partial charge on any atom is 0.228 e. The first-order chi connectivity index (χ1) is 8.31. The van der Waals surface area contributed by atoms with Gasteiger partial charge >= 0.3 is 0 Å². The number of carbonyl (C=O) groups excluding carboxylic acids is 1. The van der Waals surface area contributed by atoms with Crippen molar-refractivity contribution in [2.75, 3.05) is 5.32 Å². The fourth-order valence-electron chi connectivity index (χ4n) is 1.63. The second-order valence-electron chi connectivity index (χ2n) is 3.70. The van der Waals surface area contributed by atoms with Crippen LogP contribution in [0.2, 0.25) is 0 Å². The number of fused-ring (bicyclic) bond motifs is 1. The van der Waals surface area contributed by atoms with Crippen LogP contribution in [-0.4, -0.2) is 10.9 Å². The molecule has 0 saturated heterocycles. The average Bonchev–Trinajstić information content (AvgIpc) is 2.37. The Kier molecular flexibility index (Phi) is 3.50. The van der Waals surface area contributed by atoms with Crippen molar-refractivity contribution in [2.45, 2.75) is 13.3 Å². The van der Waals surface area contributed by atoms with Crippen LogP contribution in [0.25, 0.3) is 10.9 Å². The van der Waals surface area contributed by atoms with E-state index < -0.39 is 0 Å². The number of hydrogen-bond donors (Lipinski definition) is 1. The van der Waals surface area contributed by atoms with Crippen molar-refractivity contribution in [3.05, 3.63) is 48.7 Å². The van der Waals surface area contributed by atoms with Crippen LogP contribution < -0.4 is 5.32 Å². The fraction of sp³-hybridized carbons (Fsp3) is 0.143. The van der Waals surface area contributed by atoms with Crippen molar-refractivity contribution in [3.63, 3.8) is 0 Å². The lowest BCUT2D eigenvalue weighted by atomic mass is 10.2. The Morgan fingerprint density at radius 2 is 2.18 bits per heavy atom. The van der Waals surface area contributed by atoms with E-state index in [0.29, 0.717) is 6.42 Å². The molecule has 0 bridgehead atoms. The van der Waals surface area contributed by atoms with E-state index >= 15 is 0 Å². The number of nitrogens with zero attached hydrogens (tertiary/aromatic N) is 1. The van der Waals surface area contributed by atoms with Crippen LogP contribution in [0, 0.1) is 0 Å². The summed E-state index contributed by atoms with van der Waals surface area (Å²) in [6.07, 6.45) is 5.80. The maximum absolute atomic E-state index is 11.6. The van der Waals surface area contributed by atoms with Crippen LogP contribution in [0.4, 0.5) is 5.69 Å². The third-order valence-electron chi connectivity index (χ3n) is 2.45. The predicted octanol–water partition coefficient (Wildman–Crippen LogP) is 3.14. The zero-order chi connectivity index (χ0) is 12.1. The molecule has 3 heteroatoms. The molecule has 2 rings (SSSR count). The summed E-state index contributed by atoms with van der Waals surface area (Å²) in [6.45, 7) is 1.90. The third kappa shape index (κ3) is 2.69. The molecule has 17 heavy (non-hydrogen) atoms. The van der Waals surface area contributed by atoms with E-state index in [4.69, 9.17) is 0 Å². The van der Waals surface area contributed by atoms with Gasteiger partial charge in [-0.2, -0.15) is 0 Å². The number of nitrogens with one attached hydrogen (secondary N) is 1. The van der Waals surface area contributed by atoms with Gasteiger partial charge in [0.15, 0.2) is 0 Å². The van der Waals surface area contributed by atoms with Crippen LogP contribution in [-0.2, 0) is 4.79 Å². The van der Waals surface area contributed by atoms with Gasteiger partial charge < -0.3 is 5.32 Å². The molecule has 0 unspecified atom stereocenters.